The molecule has 0 N–H and O–H groups in total. The van der Waals surface area contributed by atoms with Crippen LogP contribution in [-0.4, -0.2) is 21.5 Å². The van der Waals surface area contributed by atoms with Gasteiger partial charge in [0.1, 0.15) is 0 Å². The Morgan fingerprint density at radius 2 is 1.28 bits per heavy atom. The molecular formula is C20H16O4S. The smallest absolute Gasteiger partial charge is 0.231 e. The minimum absolute atomic E-state index is 0.208. The van der Waals surface area contributed by atoms with Crippen LogP contribution >= 0.6 is 0 Å². The number of sulfone groups is 1. The highest BCUT2D eigenvalue weighted by molar-refractivity contribution is 7.90. The Hall–Kier alpha value is -2.79. The quantitative estimate of drug-likeness (QED) is 0.710. The van der Waals surface area contributed by atoms with Crippen molar-refractivity contribution in [2.45, 2.75) is 4.90 Å². The number of ether oxygens (including phenoxy) is 2. The fourth-order valence-electron chi connectivity index (χ4n) is 2.92. The summed E-state index contributed by atoms with van der Waals surface area (Å²) in [5, 5.41) is 0. The third kappa shape index (κ3) is 2.98. The van der Waals surface area contributed by atoms with Crippen LogP contribution < -0.4 is 9.47 Å². The number of fused-ring (bicyclic) bond motifs is 1. The minimum Gasteiger partial charge on any atom is -0.454 e. The second-order valence-electron chi connectivity index (χ2n) is 5.91. The molecule has 0 unspecified atom stereocenters. The molecule has 25 heavy (non-hydrogen) atoms. The Bertz CT molecular complexity index is 1020. The van der Waals surface area contributed by atoms with Gasteiger partial charge in [-0.2, -0.15) is 0 Å². The largest absolute Gasteiger partial charge is 0.454 e. The van der Waals surface area contributed by atoms with E-state index in [0.29, 0.717) is 10.6 Å². The molecule has 1 aliphatic rings. The molecule has 4 nitrogen and oxygen atoms in total. The van der Waals surface area contributed by atoms with Gasteiger partial charge in [-0.25, -0.2) is 8.42 Å². The van der Waals surface area contributed by atoms with Crippen molar-refractivity contribution in [1.82, 2.24) is 0 Å². The van der Waals surface area contributed by atoms with E-state index in [-0.39, 0.29) is 6.79 Å². The fraction of sp³-hybridized carbons (Fsp3) is 0.100. The van der Waals surface area contributed by atoms with Crippen molar-refractivity contribution < 1.29 is 17.9 Å². The van der Waals surface area contributed by atoms with E-state index in [9.17, 15) is 8.42 Å². The van der Waals surface area contributed by atoms with Crippen LogP contribution in [0.25, 0.3) is 22.3 Å². The lowest BCUT2D eigenvalue weighted by atomic mass is 9.94. The summed E-state index contributed by atoms with van der Waals surface area (Å²) >= 11 is 0. The summed E-state index contributed by atoms with van der Waals surface area (Å²) in [7, 11) is -3.22. The molecule has 0 bridgehead atoms. The Morgan fingerprint density at radius 3 is 1.80 bits per heavy atom. The van der Waals surface area contributed by atoms with E-state index < -0.39 is 9.84 Å². The van der Waals surface area contributed by atoms with Gasteiger partial charge >= 0.3 is 0 Å². The van der Waals surface area contributed by atoms with Gasteiger partial charge in [0.15, 0.2) is 21.3 Å². The maximum Gasteiger partial charge on any atom is 0.231 e. The molecule has 0 radical (unpaired) electrons. The number of rotatable bonds is 3. The molecule has 0 aliphatic carbocycles. The van der Waals surface area contributed by atoms with Gasteiger partial charge in [0.25, 0.3) is 0 Å². The first-order valence-corrected chi connectivity index (χ1v) is 9.71. The molecule has 3 aromatic carbocycles. The van der Waals surface area contributed by atoms with Gasteiger partial charge in [0.2, 0.25) is 6.79 Å². The average molecular weight is 352 g/mol. The molecule has 0 saturated carbocycles. The third-order valence-electron chi connectivity index (χ3n) is 4.19. The zero-order valence-electron chi connectivity index (χ0n) is 13.6. The zero-order valence-corrected chi connectivity index (χ0v) is 14.4. The van der Waals surface area contributed by atoms with Gasteiger partial charge in [-0.1, -0.05) is 42.5 Å². The Balaban J connectivity index is 1.89. The summed E-state index contributed by atoms with van der Waals surface area (Å²) in [5.41, 5.74) is 3.96. The molecular weight excluding hydrogens is 336 g/mol. The lowest BCUT2D eigenvalue weighted by Gasteiger charge is -2.12. The van der Waals surface area contributed by atoms with Gasteiger partial charge in [0, 0.05) is 6.26 Å². The number of hydrogen-bond acceptors (Lipinski definition) is 4. The van der Waals surface area contributed by atoms with Crippen LogP contribution in [-0.2, 0) is 9.84 Å². The van der Waals surface area contributed by atoms with Crippen molar-refractivity contribution in [3.63, 3.8) is 0 Å². The molecule has 5 heteroatoms. The van der Waals surface area contributed by atoms with E-state index in [1.807, 2.05) is 54.6 Å². The third-order valence-corrected chi connectivity index (χ3v) is 5.32. The van der Waals surface area contributed by atoms with Crippen LogP contribution in [0.4, 0.5) is 0 Å². The van der Waals surface area contributed by atoms with Crippen molar-refractivity contribution >= 4 is 9.84 Å². The lowest BCUT2D eigenvalue weighted by molar-refractivity contribution is 0.174. The molecule has 0 fully saturated rings. The summed E-state index contributed by atoms with van der Waals surface area (Å²) in [6.45, 7) is 0.208. The second kappa shape index (κ2) is 5.93. The minimum atomic E-state index is -3.22. The monoisotopic (exact) mass is 352 g/mol. The Labute approximate surface area is 146 Å². The van der Waals surface area contributed by atoms with Crippen molar-refractivity contribution in [2.24, 2.45) is 0 Å². The van der Waals surface area contributed by atoms with Gasteiger partial charge in [-0.15, -0.1) is 0 Å². The first-order valence-electron chi connectivity index (χ1n) is 7.82. The first-order chi connectivity index (χ1) is 12.0. The van der Waals surface area contributed by atoms with Gasteiger partial charge in [0.05, 0.1) is 4.90 Å². The first kappa shape index (κ1) is 15.7. The van der Waals surface area contributed by atoms with Crippen LogP contribution in [0.1, 0.15) is 0 Å². The predicted molar refractivity (Wildman–Crippen MR) is 96.5 cm³/mol. The lowest BCUT2D eigenvalue weighted by Crippen LogP contribution is -1.96. The summed E-state index contributed by atoms with van der Waals surface area (Å²) in [6.07, 6.45) is 1.21. The van der Waals surface area contributed by atoms with Crippen molar-refractivity contribution in [3.8, 4) is 33.8 Å². The van der Waals surface area contributed by atoms with Crippen LogP contribution in [0.3, 0.4) is 0 Å². The summed E-state index contributed by atoms with van der Waals surface area (Å²) in [6, 6.07) is 20.8. The Kier molecular flexibility index (Phi) is 3.73. The molecule has 1 heterocycles. The molecule has 0 spiro atoms. The van der Waals surface area contributed by atoms with Crippen molar-refractivity contribution in [2.75, 3.05) is 13.0 Å². The predicted octanol–water partition coefficient (Wildman–Crippen LogP) is 4.15. The van der Waals surface area contributed by atoms with Crippen LogP contribution in [0.2, 0.25) is 0 Å². The van der Waals surface area contributed by atoms with E-state index in [4.69, 9.17) is 9.47 Å². The molecule has 0 amide bonds. The SMILES string of the molecule is CS(=O)(=O)c1ccc(-c2cc3c(cc2-c2ccccc2)OCO3)cc1. The average Bonchev–Trinajstić information content (AvgIpc) is 3.08. The maximum atomic E-state index is 11.7. The molecule has 0 aromatic heterocycles. The van der Waals surface area contributed by atoms with E-state index in [1.54, 1.807) is 12.1 Å². The zero-order chi connectivity index (χ0) is 17.4. The normalized spacial score (nSPS) is 13.0. The van der Waals surface area contributed by atoms with Gasteiger partial charge in [-0.05, 0) is 46.5 Å². The summed E-state index contributed by atoms with van der Waals surface area (Å²) < 4.78 is 34.4. The maximum absolute atomic E-state index is 11.7. The van der Waals surface area contributed by atoms with Gasteiger partial charge < -0.3 is 9.47 Å². The molecule has 1 aliphatic heterocycles. The standard InChI is InChI=1S/C20H16O4S/c1-25(21,22)16-9-7-15(8-10-16)18-12-20-19(23-13-24-20)11-17(18)14-5-3-2-4-6-14/h2-12H,13H2,1H3. The molecule has 0 atom stereocenters. The molecule has 0 saturated heterocycles. The van der Waals surface area contributed by atoms with Crippen LogP contribution in [0, 0.1) is 0 Å². The van der Waals surface area contributed by atoms with Crippen LogP contribution in [0.15, 0.2) is 71.6 Å². The highest BCUT2D eigenvalue weighted by Crippen LogP contribution is 2.43. The highest BCUT2D eigenvalue weighted by Gasteiger charge is 2.19. The topological polar surface area (TPSA) is 52.6 Å². The second-order valence-corrected chi connectivity index (χ2v) is 7.93. The van der Waals surface area contributed by atoms with Crippen LogP contribution in [0.5, 0.6) is 11.5 Å². The van der Waals surface area contributed by atoms with E-state index in [2.05, 4.69) is 0 Å². The molecule has 126 valence electrons. The van der Waals surface area contributed by atoms with Crippen molar-refractivity contribution in [1.29, 1.82) is 0 Å². The number of hydrogen-bond donors (Lipinski definition) is 0. The highest BCUT2D eigenvalue weighted by atomic mass is 32.2. The van der Waals surface area contributed by atoms with E-state index in [1.165, 1.54) is 6.26 Å². The molecule has 3 aromatic rings. The van der Waals surface area contributed by atoms with Gasteiger partial charge in [-0.3, -0.25) is 0 Å². The van der Waals surface area contributed by atoms with Crippen molar-refractivity contribution in [3.05, 3.63) is 66.7 Å². The summed E-state index contributed by atoms with van der Waals surface area (Å²) in [5.74, 6) is 1.41. The van der Waals surface area contributed by atoms with E-state index >= 15 is 0 Å². The molecule has 4 rings (SSSR count). The summed E-state index contributed by atoms with van der Waals surface area (Å²) in [4.78, 5) is 0.304. The Morgan fingerprint density at radius 1 is 0.760 bits per heavy atom. The van der Waals surface area contributed by atoms with E-state index in [0.717, 1.165) is 28.0 Å². The number of benzene rings is 3. The fourth-order valence-corrected chi connectivity index (χ4v) is 3.55.